The largest absolute Gasteiger partial charge is 0.858 e. The molecule has 1 aliphatic rings. The number of rotatable bonds is 7. The number of halogens is 1. The summed E-state index contributed by atoms with van der Waals surface area (Å²) in [7, 11) is 0. The van der Waals surface area contributed by atoms with Crippen molar-refractivity contribution in [2.75, 3.05) is 0 Å². The second-order valence-electron chi connectivity index (χ2n) is 8.96. The minimum absolute atomic E-state index is 0.0678. The lowest BCUT2D eigenvalue weighted by molar-refractivity contribution is -0.577. The molecule has 2 aromatic heterocycles. The van der Waals surface area contributed by atoms with Crippen LogP contribution < -0.4 is 9.67 Å². The van der Waals surface area contributed by atoms with Crippen LogP contribution in [0.4, 0.5) is 0 Å². The van der Waals surface area contributed by atoms with Crippen LogP contribution in [0.3, 0.4) is 0 Å². The molecule has 2 aromatic carbocycles. The number of aryl methyl sites for hydroxylation is 2. The van der Waals surface area contributed by atoms with Crippen LogP contribution in [0.15, 0.2) is 79.1 Å². The molecule has 8 heteroatoms. The lowest BCUT2D eigenvalue weighted by Crippen LogP contribution is -2.39. The van der Waals surface area contributed by atoms with Gasteiger partial charge in [0.2, 0.25) is 0 Å². The number of carbonyl (C=O) groups is 2. The normalized spacial score (nSPS) is 13.6. The van der Waals surface area contributed by atoms with Crippen LogP contribution in [0.2, 0.25) is 5.02 Å². The van der Waals surface area contributed by atoms with Crippen LogP contribution in [-0.4, -0.2) is 26.5 Å². The predicted octanol–water partition coefficient (Wildman–Crippen LogP) is 4.09. The fourth-order valence-electron chi connectivity index (χ4n) is 4.56. The van der Waals surface area contributed by atoms with E-state index >= 15 is 0 Å². The van der Waals surface area contributed by atoms with E-state index in [0.29, 0.717) is 29.2 Å². The SMILES string of the molecule is CCCc1nn(-c2cccc(Cl)c2)c([O-])c1C1=C([n+]2cccc(C)c2)C(=O)N(Cc2ccccc2)C1=O. The third-order valence-electron chi connectivity index (χ3n) is 6.24. The molecule has 0 N–H and O–H groups in total. The first-order chi connectivity index (χ1) is 17.9. The van der Waals surface area contributed by atoms with Gasteiger partial charge < -0.3 is 5.11 Å². The van der Waals surface area contributed by atoms with Crippen LogP contribution in [-0.2, 0) is 22.6 Å². The molecule has 0 atom stereocenters. The maximum atomic E-state index is 13.9. The van der Waals surface area contributed by atoms with Gasteiger partial charge >= 0.3 is 5.91 Å². The Morgan fingerprint density at radius 3 is 2.49 bits per heavy atom. The molecule has 3 heterocycles. The average molecular weight is 513 g/mol. The summed E-state index contributed by atoms with van der Waals surface area (Å²) >= 11 is 6.18. The molecule has 0 bridgehead atoms. The summed E-state index contributed by atoms with van der Waals surface area (Å²) < 4.78 is 2.89. The molecule has 186 valence electrons. The first-order valence-electron chi connectivity index (χ1n) is 12.1. The summed E-state index contributed by atoms with van der Waals surface area (Å²) in [5, 5.41) is 18.9. The topological polar surface area (TPSA) is 82.1 Å². The summed E-state index contributed by atoms with van der Waals surface area (Å²) in [6.07, 6.45) is 4.66. The number of amides is 2. The Bertz CT molecular complexity index is 1540. The highest BCUT2D eigenvalue weighted by atomic mass is 35.5. The van der Waals surface area contributed by atoms with E-state index in [1.54, 1.807) is 47.3 Å². The van der Waals surface area contributed by atoms with E-state index in [2.05, 4.69) is 5.10 Å². The Morgan fingerprint density at radius 2 is 1.78 bits per heavy atom. The van der Waals surface area contributed by atoms with Crippen molar-refractivity contribution in [3.8, 4) is 11.6 Å². The van der Waals surface area contributed by atoms with E-state index in [1.807, 2.05) is 50.2 Å². The zero-order valence-electron chi connectivity index (χ0n) is 20.5. The van der Waals surface area contributed by atoms with E-state index in [9.17, 15) is 14.7 Å². The fraction of sp³-hybridized carbons (Fsp3) is 0.172. The molecule has 0 radical (unpaired) electrons. The molecule has 0 fully saturated rings. The second kappa shape index (κ2) is 10.0. The van der Waals surface area contributed by atoms with Crippen LogP contribution in [0.5, 0.6) is 5.88 Å². The highest BCUT2D eigenvalue weighted by Crippen LogP contribution is 2.38. The Labute approximate surface area is 219 Å². The molecule has 0 saturated carbocycles. The van der Waals surface area contributed by atoms with Crippen molar-refractivity contribution in [1.29, 1.82) is 0 Å². The zero-order chi connectivity index (χ0) is 26.1. The molecule has 4 aromatic rings. The van der Waals surface area contributed by atoms with Gasteiger partial charge in [-0.15, -0.1) is 0 Å². The van der Waals surface area contributed by atoms with Crippen molar-refractivity contribution < 1.29 is 19.3 Å². The highest BCUT2D eigenvalue weighted by Gasteiger charge is 2.46. The molecule has 0 spiro atoms. The minimum atomic E-state index is -0.516. The quantitative estimate of drug-likeness (QED) is 0.276. The highest BCUT2D eigenvalue weighted by molar-refractivity contribution is 6.44. The summed E-state index contributed by atoms with van der Waals surface area (Å²) in [6, 6.07) is 19.8. The molecule has 0 aliphatic carbocycles. The van der Waals surface area contributed by atoms with Crippen LogP contribution in [0, 0.1) is 6.92 Å². The van der Waals surface area contributed by atoms with E-state index in [0.717, 1.165) is 11.1 Å². The van der Waals surface area contributed by atoms with Crippen molar-refractivity contribution in [2.45, 2.75) is 33.2 Å². The molecule has 37 heavy (non-hydrogen) atoms. The van der Waals surface area contributed by atoms with Gasteiger partial charge in [0.1, 0.15) is 5.57 Å². The van der Waals surface area contributed by atoms with Crippen LogP contribution in [0.1, 0.15) is 35.7 Å². The predicted molar refractivity (Wildman–Crippen MR) is 138 cm³/mol. The number of pyridine rings is 1. The molecule has 0 unspecified atom stereocenters. The van der Waals surface area contributed by atoms with Gasteiger partial charge in [0.15, 0.2) is 12.4 Å². The molecule has 7 nitrogen and oxygen atoms in total. The van der Waals surface area contributed by atoms with Crippen molar-refractivity contribution in [2.24, 2.45) is 0 Å². The monoisotopic (exact) mass is 512 g/mol. The van der Waals surface area contributed by atoms with Crippen LogP contribution in [0.25, 0.3) is 17.0 Å². The summed E-state index contributed by atoms with van der Waals surface area (Å²) in [5.74, 6) is -1.44. The zero-order valence-corrected chi connectivity index (χ0v) is 21.3. The first-order valence-corrected chi connectivity index (χ1v) is 12.4. The molecule has 5 rings (SSSR count). The summed E-state index contributed by atoms with van der Waals surface area (Å²) in [4.78, 5) is 28.9. The number of aromatic nitrogens is 3. The van der Waals surface area contributed by atoms with Gasteiger partial charge in [-0.2, -0.15) is 9.67 Å². The van der Waals surface area contributed by atoms with Gasteiger partial charge in [0, 0.05) is 22.2 Å². The molecule has 0 saturated heterocycles. The summed E-state index contributed by atoms with van der Waals surface area (Å²) in [5.41, 5.74) is 3.04. The number of imide groups is 1. The Balaban J connectivity index is 1.73. The first kappa shape index (κ1) is 24.5. The Kier molecular flexibility index (Phi) is 6.63. The van der Waals surface area contributed by atoms with Crippen molar-refractivity contribution in [3.63, 3.8) is 0 Å². The van der Waals surface area contributed by atoms with Gasteiger partial charge in [0.05, 0.1) is 17.9 Å². The van der Waals surface area contributed by atoms with Gasteiger partial charge in [-0.25, -0.2) is 4.68 Å². The number of nitrogens with zero attached hydrogens (tertiary/aromatic N) is 4. The smallest absolute Gasteiger partial charge is 0.327 e. The number of hydrogen-bond donors (Lipinski definition) is 0. The van der Waals surface area contributed by atoms with E-state index in [-0.39, 0.29) is 23.4 Å². The van der Waals surface area contributed by atoms with Crippen molar-refractivity contribution in [3.05, 3.63) is 107 Å². The minimum Gasteiger partial charge on any atom is -0.858 e. The maximum Gasteiger partial charge on any atom is 0.327 e. The number of benzene rings is 2. The van der Waals surface area contributed by atoms with Gasteiger partial charge in [-0.3, -0.25) is 14.5 Å². The maximum absolute atomic E-state index is 13.9. The van der Waals surface area contributed by atoms with Gasteiger partial charge in [-0.1, -0.05) is 61.3 Å². The van der Waals surface area contributed by atoms with Gasteiger partial charge in [-0.05, 0) is 49.1 Å². The van der Waals surface area contributed by atoms with Crippen LogP contribution >= 0.6 is 11.6 Å². The average Bonchev–Trinajstić information content (AvgIpc) is 3.32. The Morgan fingerprint density at radius 1 is 1.00 bits per heavy atom. The standard InChI is InChI=1S/C29H25ClN4O3/c1-3-9-23-24(28(36)34(31-23)22-14-7-13-21(30)16-22)25-26(32-15-8-10-19(2)17-32)29(37)33(27(25)35)18-20-11-5-4-6-12-20/h4-8,10-17H,3,9,18H2,1-2H3. The number of hydrogen-bond acceptors (Lipinski definition) is 4. The van der Waals surface area contributed by atoms with E-state index in [1.165, 1.54) is 9.58 Å². The third-order valence-corrected chi connectivity index (χ3v) is 6.47. The fourth-order valence-corrected chi connectivity index (χ4v) is 4.75. The molecule has 1 aliphatic heterocycles. The molecule has 2 amide bonds. The van der Waals surface area contributed by atoms with E-state index < -0.39 is 17.7 Å². The van der Waals surface area contributed by atoms with E-state index in [4.69, 9.17) is 11.6 Å². The molecular formula is C29H25ClN4O3. The van der Waals surface area contributed by atoms with Gasteiger partial charge in [0.25, 0.3) is 11.6 Å². The number of carbonyl (C=O) groups excluding carboxylic acids is 2. The Hall–Kier alpha value is -4.23. The lowest BCUT2D eigenvalue weighted by atomic mass is 10.0. The van der Waals surface area contributed by atoms with Crippen molar-refractivity contribution >= 4 is 34.7 Å². The third kappa shape index (κ3) is 4.54. The van der Waals surface area contributed by atoms with Crippen molar-refractivity contribution in [1.82, 2.24) is 14.7 Å². The summed E-state index contributed by atoms with van der Waals surface area (Å²) in [6.45, 7) is 3.97. The molecular weight excluding hydrogens is 488 g/mol. The second-order valence-corrected chi connectivity index (χ2v) is 9.40. The lowest BCUT2D eigenvalue weighted by Gasteiger charge is -2.16.